The van der Waals surface area contributed by atoms with Crippen LogP contribution in [0.5, 0.6) is 5.75 Å². The average molecular weight is 212 g/mol. The molecule has 0 aliphatic rings. The predicted octanol–water partition coefficient (Wildman–Crippen LogP) is 2.49. The SMILES string of the molecule is CNCC=CCOc1cccc(Cl)c1. The van der Waals surface area contributed by atoms with E-state index in [0.29, 0.717) is 11.6 Å². The van der Waals surface area contributed by atoms with Gasteiger partial charge in [0.15, 0.2) is 0 Å². The summed E-state index contributed by atoms with van der Waals surface area (Å²) in [6.07, 6.45) is 3.99. The minimum Gasteiger partial charge on any atom is -0.489 e. The number of ether oxygens (including phenoxy) is 1. The topological polar surface area (TPSA) is 21.3 Å². The number of nitrogens with one attached hydrogen (secondary N) is 1. The molecule has 1 aromatic carbocycles. The minimum absolute atomic E-state index is 0.571. The summed E-state index contributed by atoms with van der Waals surface area (Å²) < 4.78 is 5.43. The molecule has 0 unspecified atom stereocenters. The third-order valence-corrected chi connectivity index (χ3v) is 1.87. The molecule has 0 spiro atoms. The quantitative estimate of drug-likeness (QED) is 0.756. The Labute approximate surface area is 89.5 Å². The molecule has 0 aliphatic carbocycles. The summed E-state index contributed by atoms with van der Waals surface area (Å²) in [5, 5.41) is 3.71. The number of rotatable bonds is 5. The van der Waals surface area contributed by atoms with Crippen LogP contribution in [0.3, 0.4) is 0 Å². The number of benzene rings is 1. The van der Waals surface area contributed by atoms with Gasteiger partial charge in [-0.25, -0.2) is 0 Å². The van der Waals surface area contributed by atoms with Crippen molar-refractivity contribution in [1.82, 2.24) is 5.32 Å². The smallest absolute Gasteiger partial charge is 0.121 e. The number of halogens is 1. The van der Waals surface area contributed by atoms with Gasteiger partial charge in [0.2, 0.25) is 0 Å². The van der Waals surface area contributed by atoms with Crippen LogP contribution in [-0.4, -0.2) is 20.2 Å². The van der Waals surface area contributed by atoms with Crippen molar-refractivity contribution < 1.29 is 4.74 Å². The Balaban J connectivity index is 2.31. The normalized spacial score (nSPS) is 10.7. The van der Waals surface area contributed by atoms with Crippen LogP contribution in [0.1, 0.15) is 0 Å². The standard InChI is InChI=1S/C11H14ClNO/c1-13-7-2-3-8-14-11-6-4-5-10(12)9-11/h2-6,9,13H,7-8H2,1H3. The largest absolute Gasteiger partial charge is 0.489 e. The molecule has 0 atom stereocenters. The second-order valence-corrected chi connectivity index (χ2v) is 3.23. The first-order chi connectivity index (χ1) is 6.83. The Morgan fingerprint density at radius 3 is 3.00 bits per heavy atom. The second kappa shape index (κ2) is 6.46. The van der Waals surface area contributed by atoms with Crippen molar-refractivity contribution >= 4 is 11.6 Å². The molecule has 0 bridgehead atoms. The molecule has 0 amide bonds. The Hall–Kier alpha value is -0.990. The number of hydrogen-bond acceptors (Lipinski definition) is 2. The molecule has 0 fully saturated rings. The van der Waals surface area contributed by atoms with E-state index in [0.717, 1.165) is 12.3 Å². The summed E-state index contributed by atoms with van der Waals surface area (Å²) in [4.78, 5) is 0. The van der Waals surface area contributed by atoms with Crippen LogP contribution in [-0.2, 0) is 0 Å². The molecule has 1 N–H and O–H groups in total. The summed E-state index contributed by atoms with van der Waals surface area (Å²) in [7, 11) is 1.90. The molecule has 3 heteroatoms. The summed E-state index contributed by atoms with van der Waals surface area (Å²) >= 11 is 5.80. The van der Waals surface area contributed by atoms with E-state index < -0.39 is 0 Å². The summed E-state index contributed by atoms with van der Waals surface area (Å²) in [5.41, 5.74) is 0. The van der Waals surface area contributed by atoms with E-state index in [1.807, 2.05) is 37.4 Å². The highest BCUT2D eigenvalue weighted by Crippen LogP contribution is 2.16. The average Bonchev–Trinajstić information content (AvgIpc) is 2.18. The van der Waals surface area contributed by atoms with Gasteiger partial charge in [-0.2, -0.15) is 0 Å². The van der Waals surface area contributed by atoms with Gasteiger partial charge in [-0.3, -0.25) is 0 Å². The van der Waals surface area contributed by atoms with Gasteiger partial charge in [0.25, 0.3) is 0 Å². The lowest BCUT2D eigenvalue weighted by Crippen LogP contribution is -2.04. The molecule has 0 saturated carbocycles. The Bertz CT molecular complexity index is 299. The molecule has 2 nitrogen and oxygen atoms in total. The Morgan fingerprint density at radius 1 is 1.43 bits per heavy atom. The summed E-state index contributed by atoms with van der Waals surface area (Å²) in [6, 6.07) is 7.38. The maximum absolute atomic E-state index is 5.80. The molecule has 0 radical (unpaired) electrons. The second-order valence-electron chi connectivity index (χ2n) is 2.80. The number of hydrogen-bond donors (Lipinski definition) is 1. The van der Waals surface area contributed by atoms with E-state index in [1.165, 1.54) is 0 Å². The maximum Gasteiger partial charge on any atom is 0.121 e. The lowest BCUT2D eigenvalue weighted by Gasteiger charge is -2.02. The first-order valence-corrected chi connectivity index (χ1v) is 4.88. The van der Waals surface area contributed by atoms with Crippen LogP contribution in [0.4, 0.5) is 0 Å². The highest BCUT2D eigenvalue weighted by atomic mass is 35.5. The third-order valence-electron chi connectivity index (χ3n) is 1.63. The van der Waals surface area contributed by atoms with Crippen molar-refractivity contribution in [3.8, 4) is 5.75 Å². The van der Waals surface area contributed by atoms with Crippen molar-refractivity contribution in [3.63, 3.8) is 0 Å². The monoisotopic (exact) mass is 211 g/mol. The van der Waals surface area contributed by atoms with Crippen LogP contribution in [0, 0.1) is 0 Å². The molecule has 0 aromatic heterocycles. The Kier molecular flexibility index (Phi) is 5.12. The van der Waals surface area contributed by atoms with E-state index in [4.69, 9.17) is 16.3 Å². The lowest BCUT2D eigenvalue weighted by atomic mass is 10.3. The summed E-state index contributed by atoms with van der Waals surface area (Å²) in [5.74, 6) is 0.798. The fraction of sp³-hybridized carbons (Fsp3) is 0.273. The molecular weight excluding hydrogens is 198 g/mol. The number of likely N-dealkylation sites (N-methyl/N-ethyl adjacent to an activating group) is 1. The Morgan fingerprint density at radius 2 is 2.29 bits per heavy atom. The fourth-order valence-electron chi connectivity index (χ4n) is 0.970. The van der Waals surface area contributed by atoms with Gasteiger partial charge in [0.05, 0.1) is 0 Å². The van der Waals surface area contributed by atoms with Crippen LogP contribution in [0.2, 0.25) is 5.02 Å². The lowest BCUT2D eigenvalue weighted by molar-refractivity contribution is 0.362. The van der Waals surface area contributed by atoms with Crippen molar-refractivity contribution in [2.45, 2.75) is 0 Å². The molecule has 0 heterocycles. The van der Waals surface area contributed by atoms with E-state index in [9.17, 15) is 0 Å². The van der Waals surface area contributed by atoms with E-state index >= 15 is 0 Å². The molecular formula is C11H14ClNO. The van der Waals surface area contributed by atoms with Crippen LogP contribution in [0.15, 0.2) is 36.4 Å². The van der Waals surface area contributed by atoms with Gasteiger partial charge in [-0.15, -0.1) is 0 Å². The van der Waals surface area contributed by atoms with Gasteiger partial charge in [0.1, 0.15) is 12.4 Å². The van der Waals surface area contributed by atoms with Gasteiger partial charge in [0, 0.05) is 11.6 Å². The zero-order valence-corrected chi connectivity index (χ0v) is 8.92. The molecule has 1 rings (SSSR count). The zero-order valence-electron chi connectivity index (χ0n) is 8.16. The highest BCUT2D eigenvalue weighted by Gasteiger charge is 1.91. The van der Waals surface area contributed by atoms with Gasteiger partial charge < -0.3 is 10.1 Å². The first kappa shape index (κ1) is 11.1. The summed E-state index contributed by atoms with van der Waals surface area (Å²) in [6.45, 7) is 1.43. The zero-order chi connectivity index (χ0) is 10.2. The molecule has 76 valence electrons. The van der Waals surface area contributed by atoms with Crippen LogP contribution in [0.25, 0.3) is 0 Å². The van der Waals surface area contributed by atoms with Crippen molar-refractivity contribution in [2.75, 3.05) is 20.2 Å². The van der Waals surface area contributed by atoms with Crippen molar-refractivity contribution in [1.29, 1.82) is 0 Å². The van der Waals surface area contributed by atoms with Gasteiger partial charge in [-0.05, 0) is 25.2 Å². The molecule has 14 heavy (non-hydrogen) atoms. The molecule has 1 aromatic rings. The van der Waals surface area contributed by atoms with Crippen molar-refractivity contribution in [2.24, 2.45) is 0 Å². The predicted molar refractivity (Wildman–Crippen MR) is 60.0 cm³/mol. The van der Waals surface area contributed by atoms with Gasteiger partial charge in [-0.1, -0.05) is 29.8 Å². The van der Waals surface area contributed by atoms with Crippen LogP contribution < -0.4 is 10.1 Å². The van der Waals surface area contributed by atoms with Crippen molar-refractivity contribution in [3.05, 3.63) is 41.4 Å². The maximum atomic E-state index is 5.80. The van der Waals surface area contributed by atoms with Crippen LogP contribution >= 0.6 is 11.6 Å². The molecule has 0 saturated heterocycles. The minimum atomic E-state index is 0.571. The highest BCUT2D eigenvalue weighted by molar-refractivity contribution is 6.30. The third kappa shape index (κ3) is 4.30. The van der Waals surface area contributed by atoms with Gasteiger partial charge >= 0.3 is 0 Å². The van der Waals surface area contributed by atoms with E-state index in [1.54, 1.807) is 6.07 Å². The van der Waals surface area contributed by atoms with E-state index in [-0.39, 0.29) is 0 Å². The van der Waals surface area contributed by atoms with E-state index in [2.05, 4.69) is 5.32 Å². The first-order valence-electron chi connectivity index (χ1n) is 4.51. The fourth-order valence-corrected chi connectivity index (χ4v) is 1.15. The molecule has 0 aliphatic heterocycles.